The van der Waals surface area contributed by atoms with E-state index in [1.165, 1.54) is 0 Å². The van der Waals surface area contributed by atoms with E-state index in [4.69, 9.17) is 0 Å². The Hall–Kier alpha value is -1.87. The Morgan fingerprint density at radius 1 is 1.12 bits per heavy atom. The second-order valence-corrected chi connectivity index (χ2v) is 3.93. The lowest BCUT2D eigenvalue weighted by atomic mass is 10.0. The number of anilines is 1. The number of aryl methyl sites for hydroxylation is 1. The van der Waals surface area contributed by atoms with Crippen LogP contribution >= 0.6 is 0 Å². The minimum atomic E-state index is -0.616. The molecule has 1 heterocycles. The number of hydrogen-bond donors (Lipinski definition) is 2. The van der Waals surface area contributed by atoms with Crippen molar-refractivity contribution in [3.8, 4) is 0 Å². The maximum atomic E-state index is 10.3. The van der Waals surface area contributed by atoms with Crippen LogP contribution in [0.25, 0.3) is 0 Å². The first-order valence-corrected chi connectivity index (χ1v) is 5.60. The third kappa shape index (κ3) is 2.45. The predicted octanol–water partition coefficient (Wildman–Crippen LogP) is 2.51. The average Bonchev–Trinajstić information content (AvgIpc) is 2.39. The van der Waals surface area contributed by atoms with Gasteiger partial charge in [0.05, 0.1) is 0 Å². The Morgan fingerprint density at radius 3 is 2.41 bits per heavy atom. The summed E-state index contributed by atoms with van der Waals surface area (Å²) in [6, 6.07) is 13.4. The number of hydrogen-bond acceptors (Lipinski definition) is 3. The van der Waals surface area contributed by atoms with E-state index in [-0.39, 0.29) is 0 Å². The molecule has 0 spiro atoms. The number of rotatable bonds is 3. The molecule has 0 saturated carbocycles. The van der Waals surface area contributed by atoms with Crippen molar-refractivity contribution >= 4 is 5.82 Å². The van der Waals surface area contributed by atoms with Crippen LogP contribution in [0.3, 0.4) is 0 Å². The molecule has 3 heteroatoms. The summed E-state index contributed by atoms with van der Waals surface area (Å²) in [6.07, 6.45) is -0.616. The molecule has 1 aromatic heterocycles. The quantitative estimate of drug-likeness (QED) is 0.848. The highest BCUT2D eigenvalue weighted by Crippen LogP contribution is 2.24. The largest absolute Gasteiger partial charge is 0.384 e. The molecule has 0 amide bonds. The van der Waals surface area contributed by atoms with Crippen LogP contribution in [-0.2, 0) is 0 Å². The molecule has 88 valence electrons. The minimum Gasteiger partial charge on any atom is -0.384 e. The highest BCUT2D eigenvalue weighted by molar-refractivity contribution is 5.41. The van der Waals surface area contributed by atoms with Crippen LogP contribution in [0.4, 0.5) is 5.82 Å². The fourth-order valence-electron chi connectivity index (χ4n) is 1.81. The zero-order chi connectivity index (χ0) is 12.3. The molecule has 1 aromatic carbocycles. The van der Waals surface area contributed by atoms with Crippen LogP contribution in [0.2, 0.25) is 0 Å². The zero-order valence-corrected chi connectivity index (χ0v) is 10.0. The molecule has 0 aliphatic heterocycles. The van der Waals surface area contributed by atoms with E-state index in [0.717, 1.165) is 22.6 Å². The van der Waals surface area contributed by atoms with Crippen molar-refractivity contribution in [1.29, 1.82) is 0 Å². The van der Waals surface area contributed by atoms with E-state index in [1.807, 2.05) is 56.4 Å². The molecule has 2 N–H and O–H groups in total. The number of aromatic nitrogens is 1. The smallest absolute Gasteiger partial charge is 0.125 e. The first kappa shape index (κ1) is 11.6. The standard InChI is InChI=1S/C14H16N2O/c1-10-12(8-9-13(15-2)16-10)14(17)11-6-4-3-5-7-11/h3-9,14,17H,1-2H3,(H,15,16)/t14-/m1/s1. The number of nitrogens with one attached hydrogen (secondary N) is 1. The van der Waals surface area contributed by atoms with Crippen molar-refractivity contribution in [2.24, 2.45) is 0 Å². The Kier molecular flexibility index (Phi) is 3.40. The van der Waals surface area contributed by atoms with E-state index in [0.29, 0.717) is 0 Å². The van der Waals surface area contributed by atoms with E-state index in [1.54, 1.807) is 0 Å². The van der Waals surface area contributed by atoms with Gasteiger partial charge in [0.2, 0.25) is 0 Å². The summed E-state index contributed by atoms with van der Waals surface area (Å²) < 4.78 is 0. The van der Waals surface area contributed by atoms with Crippen LogP contribution in [-0.4, -0.2) is 17.1 Å². The predicted molar refractivity (Wildman–Crippen MR) is 69.0 cm³/mol. The summed E-state index contributed by atoms with van der Waals surface area (Å²) in [5.74, 6) is 0.812. The van der Waals surface area contributed by atoms with Crippen molar-refractivity contribution in [3.05, 3.63) is 59.3 Å². The first-order valence-electron chi connectivity index (χ1n) is 5.60. The maximum Gasteiger partial charge on any atom is 0.125 e. The topological polar surface area (TPSA) is 45.1 Å². The van der Waals surface area contributed by atoms with Crippen molar-refractivity contribution in [2.75, 3.05) is 12.4 Å². The molecule has 0 aliphatic rings. The molecular formula is C14H16N2O. The van der Waals surface area contributed by atoms with E-state index in [2.05, 4.69) is 10.3 Å². The molecule has 2 aromatic rings. The van der Waals surface area contributed by atoms with E-state index >= 15 is 0 Å². The molecule has 0 aliphatic carbocycles. The summed E-state index contributed by atoms with van der Waals surface area (Å²) >= 11 is 0. The van der Waals surface area contributed by atoms with Crippen molar-refractivity contribution in [2.45, 2.75) is 13.0 Å². The third-order valence-corrected chi connectivity index (χ3v) is 2.79. The Morgan fingerprint density at radius 2 is 1.82 bits per heavy atom. The van der Waals surface area contributed by atoms with Crippen molar-refractivity contribution < 1.29 is 5.11 Å². The lowest BCUT2D eigenvalue weighted by Gasteiger charge is -2.14. The molecule has 0 saturated heterocycles. The summed E-state index contributed by atoms with van der Waals surface area (Å²) in [7, 11) is 1.83. The fraction of sp³-hybridized carbons (Fsp3) is 0.214. The molecule has 2 rings (SSSR count). The molecular weight excluding hydrogens is 212 g/mol. The van der Waals surface area contributed by atoms with Gasteiger partial charge in [-0.15, -0.1) is 0 Å². The molecule has 3 nitrogen and oxygen atoms in total. The average molecular weight is 228 g/mol. The van der Waals surface area contributed by atoms with Gasteiger partial charge in [-0.2, -0.15) is 0 Å². The maximum absolute atomic E-state index is 10.3. The highest BCUT2D eigenvalue weighted by Gasteiger charge is 2.13. The van der Waals surface area contributed by atoms with E-state index in [9.17, 15) is 5.11 Å². The Labute approximate surface area is 101 Å². The SMILES string of the molecule is CNc1ccc([C@H](O)c2ccccc2)c(C)n1. The number of aliphatic hydroxyl groups excluding tert-OH is 1. The minimum absolute atomic E-state index is 0.616. The fourth-order valence-corrected chi connectivity index (χ4v) is 1.81. The van der Waals surface area contributed by atoms with Crippen molar-refractivity contribution in [3.63, 3.8) is 0 Å². The van der Waals surface area contributed by atoms with Gasteiger partial charge in [-0.25, -0.2) is 4.98 Å². The molecule has 0 unspecified atom stereocenters. The van der Waals surface area contributed by atoms with Crippen LogP contribution in [0.1, 0.15) is 22.9 Å². The van der Waals surface area contributed by atoms with Gasteiger partial charge in [-0.1, -0.05) is 36.4 Å². The van der Waals surface area contributed by atoms with Gasteiger partial charge in [0.1, 0.15) is 11.9 Å². The number of aliphatic hydroxyl groups is 1. The van der Waals surface area contributed by atoms with Gasteiger partial charge < -0.3 is 10.4 Å². The Bertz CT molecular complexity index is 497. The van der Waals surface area contributed by atoms with Crippen LogP contribution in [0.5, 0.6) is 0 Å². The lowest BCUT2D eigenvalue weighted by Crippen LogP contribution is -2.04. The Balaban J connectivity index is 2.34. The summed E-state index contributed by atoms with van der Waals surface area (Å²) in [5.41, 5.74) is 2.57. The van der Waals surface area contributed by atoms with Gasteiger partial charge in [0, 0.05) is 18.3 Å². The highest BCUT2D eigenvalue weighted by atomic mass is 16.3. The zero-order valence-electron chi connectivity index (χ0n) is 10.0. The first-order chi connectivity index (χ1) is 8.22. The number of pyridine rings is 1. The molecule has 0 radical (unpaired) electrons. The van der Waals surface area contributed by atoms with E-state index < -0.39 is 6.10 Å². The van der Waals surface area contributed by atoms with Crippen molar-refractivity contribution in [1.82, 2.24) is 4.98 Å². The normalized spacial score (nSPS) is 12.2. The molecule has 17 heavy (non-hydrogen) atoms. The second-order valence-electron chi connectivity index (χ2n) is 3.93. The second kappa shape index (κ2) is 4.97. The number of nitrogens with zero attached hydrogens (tertiary/aromatic N) is 1. The molecule has 1 atom stereocenters. The summed E-state index contributed by atoms with van der Waals surface area (Å²) in [6.45, 7) is 1.91. The van der Waals surface area contributed by atoms with Crippen LogP contribution < -0.4 is 5.32 Å². The van der Waals surface area contributed by atoms with Gasteiger partial charge in [0.25, 0.3) is 0 Å². The van der Waals surface area contributed by atoms with Gasteiger partial charge in [-0.05, 0) is 18.6 Å². The monoisotopic (exact) mass is 228 g/mol. The summed E-state index contributed by atoms with van der Waals surface area (Å²) in [5, 5.41) is 13.3. The lowest BCUT2D eigenvalue weighted by molar-refractivity contribution is 0.219. The van der Waals surface area contributed by atoms with Gasteiger partial charge in [0.15, 0.2) is 0 Å². The number of benzene rings is 1. The summed E-state index contributed by atoms with van der Waals surface area (Å²) in [4.78, 5) is 4.37. The van der Waals surface area contributed by atoms with Gasteiger partial charge >= 0.3 is 0 Å². The van der Waals surface area contributed by atoms with Crippen LogP contribution in [0, 0.1) is 6.92 Å². The van der Waals surface area contributed by atoms with Gasteiger partial charge in [-0.3, -0.25) is 0 Å². The van der Waals surface area contributed by atoms with Crippen LogP contribution in [0.15, 0.2) is 42.5 Å². The molecule has 0 fully saturated rings. The third-order valence-electron chi connectivity index (χ3n) is 2.79. The molecule has 0 bridgehead atoms.